The molecule has 0 saturated heterocycles. The van der Waals surface area contributed by atoms with Crippen molar-refractivity contribution in [3.8, 4) is 0 Å². The number of carbonyl (C=O) groups excluding carboxylic acids is 1. The van der Waals surface area contributed by atoms with Crippen LogP contribution < -0.4 is 0 Å². The summed E-state index contributed by atoms with van der Waals surface area (Å²) in [6, 6.07) is 7.78. The van der Waals surface area contributed by atoms with Crippen molar-refractivity contribution >= 4 is 40.7 Å². The summed E-state index contributed by atoms with van der Waals surface area (Å²) in [5, 5.41) is 3.81. The van der Waals surface area contributed by atoms with E-state index in [1.165, 1.54) is 0 Å². The van der Waals surface area contributed by atoms with Crippen LogP contribution in [0.3, 0.4) is 0 Å². The summed E-state index contributed by atoms with van der Waals surface area (Å²) in [6.45, 7) is 2.24. The minimum absolute atomic E-state index is 0.169. The number of nitrogens with zero attached hydrogens (tertiary/aromatic N) is 1. The summed E-state index contributed by atoms with van der Waals surface area (Å²) in [4.78, 5) is 16.9. The zero-order valence-corrected chi connectivity index (χ0v) is 14.1. The van der Waals surface area contributed by atoms with Gasteiger partial charge in [-0.25, -0.2) is 4.98 Å². The second-order valence-electron chi connectivity index (χ2n) is 4.26. The summed E-state index contributed by atoms with van der Waals surface area (Å²) >= 11 is 9.40. The Kier molecular flexibility index (Phi) is 6.54. The van der Waals surface area contributed by atoms with Crippen LogP contribution in [-0.4, -0.2) is 17.6 Å². The van der Waals surface area contributed by atoms with Gasteiger partial charge in [-0.15, -0.1) is 23.1 Å². The Hall–Kier alpha value is -1.04. The number of aryl methyl sites for hydroxylation is 1. The molecule has 0 atom stereocenters. The van der Waals surface area contributed by atoms with E-state index in [-0.39, 0.29) is 5.97 Å². The second kappa shape index (κ2) is 8.41. The lowest BCUT2D eigenvalue weighted by atomic mass is 10.2. The normalized spacial score (nSPS) is 10.6. The van der Waals surface area contributed by atoms with Crippen molar-refractivity contribution in [2.24, 2.45) is 0 Å². The highest BCUT2D eigenvalue weighted by Gasteiger charge is 2.07. The highest BCUT2D eigenvalue weighted by atomic mass is 35.5. The molecule has 0 N–H and O–H groups in total. The van der Waals surface area contributed by atoms with Crippen LogP contribution in [0, 0.1) is 0 Å². The third-order valence-electron chi connectivity index (χ3n) is 2.68. The molecule has 0 radical (unpaired) electrons. The molecule has 1 aromatic carbocycles. The van der Waals surface area contributed by atoms with Crippen molar-refractivity contribution in [2.75, 3.05) is 6.61 Å². The van der Waals surface area contributed by atoms with Gasteiger partial charge in [-0.1, -0.05) is 23.7 Å². The number of rotatable bonds is 7. The first-order valence-corrected chi connectivity index (χ1v) is 8.89. The highest BCUT2D eigenvalue weighted by Crippen LogP contribution is 2.30. The maximum absolute atomic E-state index is 11.3. The minimum Gasteiger partial charge on any atom is -0.466 e. The number of benzene rings is 1. The monoisotopic (exact) mass is 341 g/mol. The van der Waals surface area contributed by atoms with Crippen molar-refractivity contribution in [1.82, 2.24) is 4.98 Å². The maximum atomic E-state index is 11.3. The number of thiazole rings is 1. The molecule has 2 rings (SSSR count). The minimum atomic E-state index is -0.169. The van der Waals surface area contributed by atoms with Crippen LogP contribution in [0.4, 0.5) is 0 Å². The number of ether oxygens (including phenoxy) is 1. The van der Waals surface area contributed by atoms with E-state index in [9.17, 15) is 4.79 Å². The molecule has 0 aliphatic carbocycles. The lowest BCUT2D eigenvalue weighted by molar-refractivity contribution is -0.143. The summed E-state index contributed by atoms with van der Waals surface area (Å²) < 4.78 is 4.91. The number of hydrogen-bond acceptors (Lipinski definition) is 5. The molecule has 3 nitrogen and oxygen atoms in total. The third kappa shape index (κ3) is 5.34. The summed E-state index contributed by atoms with van der Waals surface area (Å²) in [6.07, 6.45) is 1.01. The van der Waals surface area contributed by atoms with Gasteiger partial charge in [0.15, 0.2) is 0 Å². The van der Waals surface area contributed by atoms with E-state index in [1.54, 1.807) is 23.1 Å². The molecule has 112 valence electrons. The van der Waals surface area contributed by atoms with Gasteiger partial charge < -0.3 is 4.74 Å². The van der Waals surface area contributed by atoms with E-state index in [2.05, 4.69) is 4.98 Å². The Balaban J connectivity index is 1.83. The Morgan fingerprint density at radius 3 is 3.00 bits per heavy atom. The van der Waals surface area contributed by atoms with Gasteiger partial charge in [-0.3, -0.25) is 4.79 Å². The number of esters is 1. The largest absolute Gasteiger partial charge is 0.466 e. The Labute approximate surface area is 137 Å². The Bertz CT molecular complexity index is 601. The molecule has 0 spiro atoms. The first-order chi connectivity index (χ1) is 10.2. The highest BCUT2D eigenvalue weighted by molar-refractivity contribution is 7.98. The number of thioether (sulfide) groups is 1. The molecule has 0 aliphatic heterocycles. The molecule has 0 amide bonds. The molecule has 0 unspecified atom stereocenters. The lowest BCUT2D eigenvalue weighted by Gasteiger charge is -2.01. The smallest absolute Gasteiger partial charge is 0.306 e. The fourth-order valence-electron chi connectivity index (χ4n) is 1.69. The van der Waals surface area contributed by atoms with Gasteiger partial charge in [0.1, 0.15) is 5.01 Å². The van der Waals surface area contributed by atoms with Gasteiger partial charge in [-0.05, 0) is 19.1 Å². The number of hydrogen-bond donors (Lipinski definition) is 0. The third-order valence-corrected chi connectivity index (χ3v) is 5.28. The average Bonchev–Trinajstić information content (AvgIpc) is 2.93. The van der Waals surface area contributed by atoms with Crippen molar-refractivity contribution in [3.05, 3.63) is 45.4 Å². The van der Waals surface area contributed by atoms with E-state index >= 15 is 0 Å². The molecule has 0 saturated carbocycles. The molecule has 1 heterocycles. The molecule has 0 fully saturated rings. The number of halogens is 1. The fraction of sp³-hybridized carbons (Fsp3) is 0.333. The van der Waals surface area contributed by atoms with Crippen molar-refractivity contribution in [1.29, 1.82) is 0 Å². The predicted molar refractivity (Wildman–Crippen MR) is 88.1 cm³/mol. The summed E-state index contributed by atoms with van der Waals surface area (Å²) in [7, 11) is 0. The zero-order valence-electron chi connectivity index (χ0n) is 11.7. The number of carbonyl (C=O) groups is 1. The SMILES string of the molecule is CCOC(=O)CCc1csc(CSc2ccccc2Cl)n1. The van der Waals surface area contributed by atoms with Crippen LogP contribution >= 0.6 is 34.7 Å². The van der Waals surface area contributed by atoms with Gasteiger partial charge >= 0.3 is 5.97 Å². The standard InChI is InChI=1S/C15H16ClNO2S2/c1-2-19-15(18)8-7-11-9-21-14(17-11)10-20-13-6-4-3-5-12(13)16/h3-6,9H,2,7-8,10H2,1H3. The van der Waals surface area contributed by atoms with Crippen molar-refractivity contribution < 1.29 is 9.53 Å². The van der Waals surface area contributed by atoms with Crippen molar-refractivity contribution in [2.45, 2.75) is 30.4 Å². The van der Waals surface area contributed by atoms with E-state index in [0.717, 1.165) is 26.4 Å². The van der Waals surface area contributed by atoms with Gasteiger partial charge in [0.25, 0.3) is 0 Å². The molecular formula is C15H16ClNO2S2. The van der Waals surface area contributed by atoms with Gasteiger partial charge in [0.2, 0.25) is 0 Å². The van der Waals surface area contributed by atoms with E-state index < -0.39 is 0 Å². The lowest BCUT2D eigenvalue weighted by Crippen LogP contribution is -2.05. The fourth-order valence-corrected chi connectivity index (χ4v) is 3.78. The first kappa shape index (κ1) is 16.3. The molecule has 1 aromatic heterocycles. The van der Waals surface area contributed by atoms with Gasteiger partial charge in [0.05, 0.1) is 29.5 Å². The number of aromatic nitrogens is 1. The Morgan fingerprint density at radius 1 is 1.43 bits per heavy atom. The molecule has 0 bridgehead atoms. The van der Waals surface area contributed by atoms with Crippen LogP contribution in [0.25, 0.3) is 0 Å². The van der Waals surface area contributed by atoms with E-state index in [1.807, 2.05) is 36.6 Å². The maximum Gasteiger partial charge on any atom is 0.306 e. The summed E-state index contributed by atoms with van der Waals surface area (Å²) in [5.41, 5.74) is 0.947. The molecular weight excluding hydrogens is 326 g/mol. The quantitative estimate of drug-likeness (QED) is 0.545. The van der Waals surface area contributed by atoms with Gasteiger partial charge in [-0.2, -0.15) is 0 Å². The van der Waals surface area contributed by atoms with Gasteiger partial charge in [0, 0.05) is 16.7 Å². The zero-order chi connectivity index (χ0) is 15.1. The van der Waals surface area contributed by atoms with Crippen molar-refractivity contribution in [3.63, 3.8) is 0 Å². The molecule has 6 heteroatoms. The topological polar surface area (TPSA) is 39.2 Å². The molecule has 0 aliphatic rings. The first-order valence-electron chi connectivity index (χ1n) is 6.65. The van der Waals surface area contributed by atoms with Crippen LogP contribution in [0.5, 0.6) is 0 Å². The second-order valence-corrected chi connectivity index (χ2v) is 6.62. The van der Waals surface area contributed by atoms with Crippen LogP contribution in [0.1, 0.15) is 24.0 Å². The molecule has 2 aromatic rings. The Morgan fingerprint density at radius 2 is 2.24 bits per heavy atom. The van der Waals surface area contributed by atoms with Crippen LogP contribution in [-0.2, 0) is 21.7 Å². The van der Waals surface area contributed by atoms with E-state index in [4.69, 9.17) is 16.3 Å². The van der Waals surface area contributed by atoms with E-state index in [0.29, 0.717) is 19.4 Å². The predicted octanol–water partition coefficient (Wildman–Crippen LogP) is 4.58. The van der Waals surface area contributed by atoms with Crippen LogP contribution in [0.15, 0.2) is 34.5 Å². The summed E-state index contributed by atoms with van der Waals surface area (Å²) in [5.74, 6) is 0.617. The average molecular weight is 342 g/mol. The molecule has 21 heavy (non-hydrogen) atoms. The van der Waals surface area contributed by atoms with Crippen LogP contribution in [0.2, 0.25) is 5.02 Å².